The van der Waals surface area contributed by atoms with Crippen molar-refractivity contribution in [2.24, 2.45) is 0 Å². The van der Waals surface area contributed by atoms with Crippen molar-refractivity contribution in [3.05, 3.63) is 53.3 Å². The van der Waals surface area contributed by atoms with E-state index >= 15 is 0 Å². The molecule has 0 N–H and O–H groups in total. The summed E-state index contributed by atoms with van der Waals surface area (Å²) in [7, 11) is -7.36. The first-order valence-electron chi connectivity index (χ1n) is 7.90. The van der Waals surface area contributed by atoms with Crippen LogP contribution in [0.4, 0.5) is 0 Å². The summed E-state index contributed by atoms with van der Waals surface area (Å²) in [4.78, 5) is 4.04. The van der Waals surface area contributed by atoms with Crippen LogP contribution in [0.15, 0.2) is 52.4 Å². The summed E-state index contributed by atoms with van der Waals surface area (Å²) < 4.78 is 53.2. The lowest BCUT2D eigenvalue weighted by Gasteiger charge is -2.33. The van der Waals surface area contributed by atoms with Crippen LogP contribution in [0, 0.1) is 6.92 Å². The molecule has 140 valence electrons. The first-order chi connectivity index (χ1) is 12.2. The summed E-state index contributed by atoms with van der Waals surface area (Å²) in [5, 5.41) is 0.206. The topological polar surface area (TPSA) is 87.7 Å². The first-order valence-corrected chi connectivity index (χ1v) is 11.2. The predicted molar refractivity (Wildman–Crippen MR) is 97.9 cm³/mol. The normalized spacial score (nSPS) is 17.3. The Kier molecular flexibility index (Phi) is 5.36. The smallest absolute Gasteiger partial charge is 0.243 e. The average Bonchev–Trinajstić information content (AvgIpc) is 2.62. The summed E-state index contributed by atoms with van der Waals surface area (Å²) in [6, 6.07) is 9.40. The maximum absolute atomic E-state index is 12.7. The SMILES string of the molecule is Cc1ccc(S(=O)(=O)N2CCN(S(=O)(=O)c3ccc(Cl)nc3)CC2)cc1. The molecule has 3 rings (SSSR count). The van der Waals surface area contributed by atoms with Crippen molar-refractivity contribution in [1.29, 1.82) is 0 Å². The Morgan fingerprint density at radius 1 is 0.808 bits per heavy atom. The molecule has 26 heavy (non-hydrogen) atoms. The average molecular weight is 416 g/mol. The zero-order valence-electron chi connectivity index (χ0n) is 14.0. The predicted octanol–water partition coefficient (Wildman–Crippen LogP) is 1.74. The van der Waals surface area contributed by atoms with Crippen LogP contribution in [0.1, 0.15) is 5.56 Å². The Bertz CT molecular complexity index is 899. The van der Waals surface area contributed by atoms with E-state index in [1.165, 1.54) is 26.9 Å². The van der Waals surface area contributed by atoms with E-state index in [0.29, 0.717) is 0 Å². The van der Waals surface area contributed by atoms with Crippen LogP contribution in [0.5, 0.6) is 0 Å². The van der Waals surface area contributed by atoms with Gasteiger partial charge in [-0.25, -0.2) is 21.8 Å². The van der Waals surface area contributed by atoms with E-state index in [2.05, 4.69) is 4.98 Å². The third-order valence-corrected chi connectivity index (χ3v) is 8.21. The molecule has 0 amide bonds. The number of benzene rings is 1. The Morgan fingerprint density at radius 2 is 1.27 bits per heavy atom. The molecule has 7 nitrogen and oxygen atoms in total. The number of sulfonamides is 2. The van der Waals surface area contributed by atoms with E-state index in [1.54, 1.807) is 24.3 Å². The van der Waals surface area contributed by atoms with Crippen LogP contribution in [0.3, 0.4) is 0 Å². The molecule has 1 aromatic heterocycles. The molecule has 0 saturated carbocycles. The highest BCUT2D eigenvalue weighted by molar-refractivity contribution is 7.89. The second-order valence-corrected chi connectivity index (χ2v) is 10.2. The van der Waals surface area contributed by atoms with Gasteiger partial charge in [-0.05, 0) is 31.2 Å². The number of hydrogen-bond donors (Lipinski definition) is 0. The minimum absolute atomic E-state index is 0.0386. The molecule has 1 aliphatic heterocycles. The fourth-order valence-electron chi connectivity index (χ4n) is 2.67. The van der Waals surface area contributed by atoms with Gasteiger partial charge in [0, 0.05) is 32.4 Å². The fraction of sp³-hybridized carbons (Fsp3) is 0.312. The molecule has 0 atom stereocenters. The van der Waals surface area contributed by atoms with Crippen LogP contribution in [0.2, 0.25) is 5.15 Å². The molecular formula is C16H18ClN3O4S2. The standard InChI is InChI=1S/C16H18ClN3O4S2/c1-13-2-4-14(5-3-13)25(21,22)19-8-10-20(11-9-19)26(23,24)15-6-7-16(17)18-12-15/h2-7,12H,8-11H2,1H3. The molecule has 0 unspecified atom stereocenters. The maximum atomic E-state index is 12.7. The van der Waals surface area contributed by atoms with Crippen molar-refractivity contribution in [3.8, 4) is 0 Å². The van der Waals surface area contributed by atoms with Crippen molar-refractivity contribution >= 4 is 31.6 Å². The largest absolute Gasteiger partial charge is 0.244 e. The van der Waals surface area contributed by atoms with Crippen molar-refractivity contribution in [1.82, 2.24) is 13.6 Å². The van der Waals surface area contributed by atoms with E-state index in [0.717, 1.165) is 5.56 Å². The van der Waals surface area contributed by atoms with Crippen LogP contribution in [-0.4, -0.2) is 56.6 Å². The van der Waals surface area contributed by atoms with E-state index in [9.17, 15) is 16.8 Å². The molecule has 1 saturated heterocycles. The molecular weight excluding hydrogens is 398 g/mol. The van der Waals surface area contributed by atoms with Gasteiger partial charge in [0.05, 0.1) is 4.90 Å². The van der Waals surface area contributed by atoms with Crippen molar-refractivity contribution < 1.29 is 16.8 Å². The summed E-state index contributed by atoms with van der Waals surface area (Å²) in [5.74, 6) is 0. The van der Waals surface area contributed by atoms with Crippen LogP contribution in [0.25, 0.3) is 0 Å². The number of nitrogens with zero attached hydrogens (tertiary/aromatic N) is 3. The van der Waals surface area contributed by atoms with Gasteiger partial charge >= 0.3 is 0 Å². The van der Waals surface area contributed by atoms with Gasteiger partial charge in [0.2, 0.25) is 20.0 Å². The van der Waals surface area contributed by atoms with Gasteiger partial charge < -0.3 is 0 Å². The zero-order chi connectivity index (χ0) is 18.9. The number of aromatic nitrogens is 1. The van der Waals surface area contributed by atoms with Gasteiger partial charge in [0.1, 0.15) is 10.0 Å². The van der Waals surface area contributed by atoms with Crippen molar-refractivity contribution in [2.75, 3.05) is 26.2 Å². The minimum atomic E-state index is -3.73. The number of rotatable bonds is 4. The second-order valence-electron chi connectivity index (χ2n) is 5.94. The van der Waals surface area contributed by atoms with E-state index in [4.69, 9.17) is 11.6 Å². The molecule has 0 spiro atoms. The Hall–Kier alpha value is -1.52. The summed E-state index contributed by atoms with van der Waals surface area (Å²) in [5.41, 5.74) is 0.969. The lowest BCUT2D eigenvalue weighted by Crippen LogP contribution is -2.50. The van der Waals surface area contributed by atoms with Gasteiger partial charge in [-0.15, -0.1) is 0 Å². The highest BCUT2D eigenvalue weighted by Crippen LogP contribution is 2.22. The molecule has 0 radical (unpaired) electrons. The number of aryl methyl sites for hydroxylation is 1. The lowest BCUT2D eigenvalue weighted by molar-refractivity contribution is 0.273. The molecule has 1 aliphatic rings. The van der Waals surface area contributed by atoms with Crippen LogP contribution in [-0.2, 0) is 20.0 Å². The van der Waals surface area contributed by atoms with Gasteiger partial charge in [-0.3, -0.25) is 0 Å². The highest BCUT2D eigenvalue weighted by atomic mass is 35.5. The second kappa shape index (κ2) is 7.24. The summed E-state index contributed by atoms with van der Waals surface area (Å²) in [6.45, 7) is 2.23. The van der Waals surface area contributed by atoms with Gasteiger partial charge in [-0.1, -0.05) is 29.3 Å². The van der Waals surface area contributed by atoms with Gasteiger partial charge in [0.25, 0.3) is 0 Å². The minimum Gasteiger partial charge on any atom is -0.243 e. The van der Waals surface area contributed by atoms with Crippen molar-refractivity contribution in [3.63, 3.8) is 0 Å². The third kappa shape index (κ3) is 3.77. The molecule has 2 heterocycles. The number of pyridine rings is 1. The number of halogens is 1. The molecule has 0 bridgehead atoms. The Labute approximate surface area is 158 Å². The van der Waals surface area contributed by atoms with Crippen molar-refractivity contribution in [2.45, 2.75) is 16.7 Å². The van der Waals surface area contributed by atoms with Gasteiger partial charge in [-0.2, -0.15) is 8.61 Å². The molecule has 1 fully saturated rings. The highest BCUT2D eigenvalue weighted by Gasteiger charge is 2.33. The third-order valence-electron chi connectivity index (χ3n) is 4.19. The van der Waals surface area contributed by atoms with E-state index in [1.807, 2.05) is 6.92 Å². The molecule has 1 aromatic carbocycles. The summed E-state index contributed by atoms with van der Waals surface area (Å²) >= 11 is 5.69. The molecule has 10 heteroatoms. The lowest BCUT2D eigenvalue weighted by atomic mass is 10.2. The monoisotopic (exact) mass is 415 g/mol. The maximum Gasteiger partial charge on any atom is 0.244 e. The van der Waals surface area contributed by atoms with Crippen LogP contribution < -0.4 is 0 Å². The molecule has 0 aliphatic carbocycles. The quantitative estimate of drug-likeness (QED) is 0.710. The van der Waals surface area contributed by atoms with Gasteiger partial charge in [0.15, 0.2) is 0 Å². The summed E-state index contributed by atoms with van der Waals surface area (Å²) in [6.07, 6.45) is 1.20. The Balaban J connectivity index is 1.74. The van der Waals surface area contributed by atoms with Crippen LogP contribution >= 0.6 is 11.6 Å². The fourth-order valence-corrected chi connectivity index (χ4v) is 5.58. The number of piperazine rings is 1. The Morgan fingerprint density at radius 3 is 1.73 bits per heavy atom. The van der Waals surface area contributed by atoms with E-state index in [-0.39, 0.29) is 41.1 Å². The number of hydrogen-bond acceptors (Lipinski definition) is 5. The first kappa shape index (κ1) is 19.2. The molecule has 2 aromatic rings. The zero-order valence-corrected chi connectivity index (χ0v) is 16.4. The van der Waals surface area contributed by atoms with E-state index < -0.39 is 20.0 Å².